The lowest BCUT2D eigenvalue weighted by molar-refractivity contribution is 0.247. The quantitative estimate of drug-likeness (QED) is 0.880. The van der Waals surface area contributed by atoms with Crippen molar-refractivity contribution in [1.82, 2.24) is 10.2 Å². The van der Waals surface area contributed by atoms with Crippen LogP contribution in [0.15, 0.2) is 12.1 Å². The first-order valence-electron chi connectivity index (χ1n) is 8.04. The van der Waals surface area contributed by atoms with Gasteiger partial charge in [-0.3, -0.25) is 4.90 Å². The van der Waals surface area contributed by atoms with Crippen LogP contribution in [0.5, 0.6) is 0 Å². The van der Waals surface area contributed by atoms with E-state index in [9.17, 15) is 0 Å². The molecule has 2 nitrogen and oxygen atoms in total. The van der Waals surface area contributed by atoms with Gasteiger partial charge in [0.25, 0.3) is 0 Å². The van der Waals surface area contributed by atoms with Gasteiger partial charge in [-0.1, -0.05) is 17.7 Å². The van der Waals surface area contributed by atoms with Gasteiger partial charge in [-0.25, -0.2) is 0 Å². The second kappa shape index (κ2) is 6.73. The molecule has 20 heavy (non-hydrogen) atoms. The molecule has 0 radical (unpaired) electrons. The van der Waals surface area contributed by atoms with Gasteiger partial charge in [0.05, 0.1) is 0 Å². The molecule has 2 rings (SSSR count). The Kier molecular flexibility index (Phi) is 5.22. The zero-order valence-corrected chi connectivity index (χ0v) is 13.8. The molecule has 1 N–H and O–H groups in total. The number of hydrogen-bond donors (Lipinski definition) is 1. The van der Waals surface area contributed by atoms with Crippen LogP contribution in [0, 0.1) is 20.8 Å². The number of aryl methyl sites for hydroxylation is 3. The van der Waals surface area contributed by atoms with Crippen molar-refractivity contribution < 1.29 is 0 Å². The second-order valence-corrected chi connectivity index (χ2v) is 6.53. The molecule has 1 aliphatic rings. The van der Waals surface area contributed by atoms with Crippen LogP contribution in [0.2, 0.25) is 0 Å². The zero-order valence-electron chi connectivity index (χ0n) is 13.8. The van der Waals surface area contributed by atoms with E-state index in [4.69, 9.17) is 0 Å². The molecule has 0 aliphatic carbocycles. The van der Waals surface area contributed by atoms with Crippen LogP contribution in [0.25, 0.3) is 0 Å². The summed E-state index contributed by atoms with van der Waals surface area (Å²) in [7, 11) is 0. The molecule has 1 saturated heterocycles. The first-order chi connectivity index (χ1) is 9.49. The van der Waals surface area contributed by atoms with Crippen molar-refractivity contribution in [1.29, 1.82) is 0 Å². The highest BCUT2D eigenvalue weighted by Gasteiger charge is 2.19. The van der Waals surface area contributed by atoms with Gasteiger partial charge >= 0.3 is 0 Å². The molecule has 0 saturated carbocycles. The maximum Gasteiger partial charge on any atom is 0.0297 e. The predicted molar refractivity (Wildman–Crippen MR) is 87.3 cm³/mol. The molecule has 0 aromatic heterocycles. The molecule has 2 unspecified atom stereocenters. The number of hydrogen-bond acceptors (Lipinski definition) is 2. The third kappa shape index (κ3) is 3.62. The van der Waals surface area contributed by atoms with Crippen LogP contribution in [-0.2, 0) is 0 Å². The van der Waals surface area contributed by atoms with E-state index in [1.807, 2.05) is 0 Å². The smallest absolute Gasteiger partial charge is 0.0297 e. The monoisotopic (exact) mass is 274 g/mol. The number of nitrogens with one attached hydrogen (secondary N) is 1. The van der Waals surface area contributed by atoms with Crippen molar-refractivity contribution in [3.8, 4) is 0 Å². The number of benzene rings is 1. The van der Waals surface area contributed by atoms with E-state index in [1.54, 1.807) is 0 Å². The first-order valence-corrected chi connectivity index (χ1v) is 8.04. The number of likely N-dealkylation sites (tertiary alicyclic amines) is 1. The van der Waals surface area contributed by atoms with E-state index in [2.05, 4.69) is 57.0 Å². The van der Waals surface area contributed by atoms with Gasteiger partial charge in [0.1, 0.15) is 0 Å². The molecular formula is C18H30N2. The Morgan fingerprint density at radius 3 is 2.15 bits per heavy atom. The van der Waals surface area contributed by atoms with E-state index in [1.165, 1.54) is 48.2 Å². The number of nitrogens with zero attached hydrogens (tertiary/aromatic N) is 1. The van der Waals surface area contributed by atoms with Gasteiger partial charge in [0, 0.05) is 18.6 Å². The summed E-state index contributed by atoms with van der Waals surface area (Å²) in [6.07, 6.45) is 2.74. The van der Waals surface area contributed by atoms with Crippen molar-refractivity contribution >= 4 is 0 Å². The summed E-state index contributed by atoms with van der Waals surface area (Å²) in [6, 6.07) is 5.67. The Bertz CT molecular complexity index is 424. The Labute approximate surface area is 124 Å². The largest absolute Gasteiger partial charge is 0.309 e. The summed E-state index contributed by atoms with van der Waals surface area (Å²) in [6.45, 7) is 14.9. The van der Waals surface area contributed by atoms with Crippen molar-refractivity contribution in [3.05, 3.63) is 34.4 Å². The molecular weight excluding hydrogens is 244 g/mol. The van der Waals surface area contributed by atoms with Gasteiger partial charge in [-0.2, -0.15) is 0 Å². The highest BCUT2D eigenvalue weighted by Crippen LogP contribution is 2.23. The van der Waals surface area contributed by atoms with E-state index < -0.39 is 0 Å². The first kappa shape index (κ1) is 15.5. The fraction of sp³-hybridized carbons (Fsp3) is 0.667. The topological polar surface area (TPSA) is 15.3 Å². The molecule has 112 valence electrons. The second-order valence-electron chi connectivity index (χ2n) is 6.53. The third-order valence-corrected chi connectivity index (χ3v) is 4.65. The van der Waals surface area contributed by atoms with E-state index in [0.29, 0.717) is 12.1 Å². The lowest BCUT2D eigenvalue weighted by Gasteiger charge is -2.27. The SMILES string of the molecule is Cc1cc(C)c(C(C)NCC(C)N2CCCC2)c(C)c1. The molecule has 0 spiro atoms. The van der Waals surface area contributed by atoms with Gasteiger partial charge in [0.2, 0.25) is 0 Å². The summed E-state index contributed by atoms with van der Waals surface area (Å²) in [4.78, 5) is 2.61. The molecule has 1 aromatic rings. The Morgan fingerprint density at radius 2 is 1.60 bits per heavy atom. The maximum atomic E-state index is 3.74. The maximum absolute atomic E-state index is 3.74. The van der Waals surface area contributed by atoms with Crippen LogP contribution in [0.1, 0.15) is 55.0 Å². The third-order valence-electron chi connectivity index (χ3n) is 4.65. The highest BCUT2D eigenvalue weighted by molar-refractivity contribution is 5.39. The van der Waals surface area contributed by atoms with Gasteiger partial charge in [0.15, 0.2) is 0 Å². The normalized spacial score (nSPS) is 19.2. The minimum atomic E-state index is 0.431. The Balaban J connectivity index is 1.96. The standard InChI is InChI=1S/C18H30N2/c1-13-10-14(2)18(15(3)11-13)17(5)19-12-16(4)20-8-6-7-9-20/h10-11,16-17,19H,6-9,12H2,1-5H3. The molecule has 2 atom stereocenters. The molecule has 0 amide bonds. The lowest BCUT2D eigenvalue weighted by Crippen LogP contribution is -2.39. The van der Waals surface area contributed by atoms with Crippen molar-refractivity contribution in [2.45, 2.75) is 59.5 Å². The van der Waals surface area contributed by atoms with Gasteiger partial charge in [-0.15, -0.1) is 0 Å². The summed E-state index contributed by atoms with van der Waals surface area (Å²) >= 11 is 0. The molecule has 1 aliphatic heterocycles. The van der Waals surface area contributed by atoms with E-state index in [0.717, 1.165) is 6.54 Å². The highest BCUT2D eigenvalue weighted by atomic mass is 15.2. The molecule has 0 bridgehead atoms. The van der Waals surface area contributed by atoms with E-state index >= 15 is 0 Å². The van der Waals surface area contributed by atoms with Crippen molar-refractivity contribution in [2.75, 3.05) is 19.6 Å². The van der Waals surface area contributed by atoms with Gasteiger partial charge < -0.3 is 5.32 Å². The van der Waals surface area contributed by atoms with Crippen molar-refractivity contribution in [2.24, 2.45) is 0 Å². The van der Waals surface area contributed by atoms with Crippen LogP contribution >= 0.6 is 0 Å². The molecule has 1 heterocycles. The fourth-order valence-corrected chi connectivity index (χ4v) is 3.64. The van der Waals surface area contributed by atoms with Crippen LogP contribution in [0.3, 0.4) is 0 Å². The summed E-state index contributed by atoms with van der Waals surface area (Å²) in [5.41, 5.74) is 5.67. The van der Waals surface area contributed by atoms with Gasteiger partial charge in [-0.05, 0) is 77.2 Å². The number of rotatable bonds is 5. The minimum Gasteiger partial charge on any atom is -0.309 e. The summed E-state index contributed by atoms with van der Waals surface area (Å²) in [5.74, 6) is 0. The lowest BCUT2D eigenvalue weighted by atomic mass is 9.95. The average molecular weight is 274 g/mol. The van der Waals surface area contributed by atoms with Crippen LogP contribution in [-0.4, -0.2) is 30.6 Å². The van der Waals surface area contributed by atoms with Crippen molar-refractivity contribution in [3.63, 3.8) is 0 Å². The molecule has 2 heteroatoms. The average Bonchev–Trinajstić information content (AvgIpc) is 2.88. The summed E-state index contributed by atoms with van der Waals surface area (Å²) in [5, 5.41) is 3.74. The van der Waals surface area contributed by atoms with E-state index in [-0.39, 0.29) is 0 Å². The Hall–Kier alpha value is -0.860. The Morgan fingerprint density at radius 1 is 1.05 bits per heavy atom. The predicted octanol–water partition coefficient (Wildman–Crippen LogP) is 3.75. The van der Waals surface area contributed by atoms with Crippen LogP contribution in [0.4, 0.5) is 0 Å². The minimum absolute atomic E-state index is 0.431. The molecule has 1 fully saturated rings. The summed E-state index contributed by atoms with van der Waals surface area (Å²) < 4.78 is 0. The molecule has 1 aromatic carbocycles. The fourth-order valence-electron chi connectivity index (χ4n) is 3.64. The zero-order chi connectivity index (χ0) is 14.7. The van der Waals surface area contributed by atoms with Crippen LogP contribution < -0.4 is 5.32 Å².